The van der Waals surface area contributed by atoms with Gasteiger partial charge in [-0.15, -0.1) is 11.6 Å². The maximum absolute atomic E-state index is 9.47. The number of imidazole rings is 1. The van der Waals surface area contributed by atoms with Crippen LogP contribution in [0, 0.1) is 25.2 Å². The summed E-state index contributed by atoms with van der Waals surface area (Å²) < 4.78 is 1.99. The Morgan fingerprint density at radius 1 is 1.14 bits per heavy atom. The third-order valence-corrected chi connectivity index (χ3v) is 3.92. The summed E-state index contributed by atoms with van der Waals surface area (Å²) in [6, 6.07) is 14.1. The van der Waals surface area contributed by atoms with Crippen molar-refractivity contribution in [2.45, 2.75) is 19.7 Å². The lowest BCUT2D eigenvalue weighted by Gasteiger charge is -2.11. The number of halogens is 1. The van der Waals surface area contributed by atoms with Crippen LogP contribution in [-0.2, 0) is 5.88 Å². The van der Waals surface area contributed by atoms with Gasteiger partial charge in [-0.2, -0.15) is 5.26 Å². The molecule has 21 heavy (non-hydrogen) atoms. The SMILES string of the molecule is Cc1cccc(-n2c(CCl)nc3c(C)cccc32)c1C#N. The van der Waals surface area contributed by atoms with E-state index in [1.165, 1.54) is 0 Å². The van der Waals surface area contributed by atoms with Crippen molar-refractivity contribution < 1.29 is 0 Å². The molecule has 104 valence electrons. The fourth-order valence-electron chi connectivity index (χ4n) is 2.63. The molecule has 3 nitrogen and oxygen atoms in total. The molecule has 0 radical (unpaired) electrons. The first-order valence-electron chi connectivity index (χ1n) is 6.70. The number of nitriles is 1. The highest BCUT2D eigenvalue weighted by atomic mass is 35.5. The summed E-state index contributed by atoms with van der Waals surface area (Å²) in [5.41, 5.74) is 5.45. The fourth-order valence-corrected chi connectivity index (χ4v) is 2.81. The topological polar surface area (TPSA) is 41.6 Å². The van der Waals surface area contributed by atoms with E-state index in [-0.39, 0.29) is 0 Å². The van der Waals surface area contributed by atoms with Gasteiger partial charge < -0.3 is 0 Å². The summed E-state index contributed by atoms with van der Waals surface area (Å²) in [5, 5.41) is 9.47. The second-order valence-electron chi connectivity index (χ2n) is 5.02. The van der Waals surface area contributed by atoms with E-state index in [1.807, 2.05) is 54.8 Å². The van der Waals surface area contributed by atoms with Gasteiger partial charge in [0, 0.05) is 0 Å². The fraction of sp³-hybridized carbons (Fsp3) is 0.176. The zero-order valence-corrected chi connectivity index (χ0v) is 12.6. The van der Waals surface area contributed by atoms with Crippen molar-refractivity contribution in [3.63, 3.8) is 0 Å². The number of aryl methyl sites for hydroxylation is 2. The number of hydrogen-bond donors (Lipinski definition) is 0. The molecule has 1 heterocycles. The number of hydrogen-bond acceptors (Lipinski definition) is 2. The number of nitrogens with zero attached hydrogens (tertiary/aromatic N) is 3. The molecule has 0 bridgehead atoms. The molecule has 0 amide bonds. The average molecular weight is 296 g/mol. The van der Waals surface area contributed by atoms with E-state index in [0.717, 1.165) is 33.7 Å². The molecule has 3 aromatic rings. The Morgan fingerprint density at radius 2 is 1.86 bits per heavy atom. The maximum Gasteiger partial charge on any atom is 0.129 e. The Balaban J connectivity index is 2.43. The Labute approximate surface area is 128 Å². The molecular weight excluding hydrogens is 282 g/mol. The van der Waals surface area contributed by atoms with Crippen molar-refractivity contribution in [1.29, 1.82) is 5.26 Å². The molecule has 3 rings (SSSR count). The van der Waals surface area contributed by atoms with Crippen molar-refractivity contribution in [3.05, 3.63) is 58.9 Å². The van der Waals surface area contributed by atoms with Crippen molar-refractivity contribution in [2.24, 2.45) is 0 Å². The molecule has 0 N–H and O–H groups in total. The van der Waals surface area contributed by atoms with E-state index < -0.39 is 0 Å². The van der Waals surface area contributed by atoms with Crippen LogP contribution in [0.4, 0.5) is 0 Å². The van der Waals surface area contributed by atoms with Gasteiger partial charge in [-0.05, 0) is 37.1 Å². The van der Waals surface area contributed by atoms with E-state index in [9.17, 15) is 5.26 Å². The number of alkyl halides is 1. The molecule has 0 atom stereocenters. The largest absolute Gasteiger partial charge is 0.294 e. The minimum atomic E-state index is 0.299. The van der Waals surface area contributed by atoms with Crippen LogP contribution in [0.1, 0.15) is 22.5 Å². The number of para-hydroxylation sites is 1. The minimum absolute atomic E-state index is 0.299. The summed E-state index contributed by atoms with van der Waals surface area (Å²) in [6.45, 7) is 3.96. The first-order chi connectivity index (χ1) is 10.2. The molecule has 0 saturated carbocycles. The number of aromatic nitrogens is 2. The predicted octanol–water partition coefficient (Wildman–Crippen LogP) is 4.25. The molecule has 0 saturated heterocycles. The number of rotatable bonds is 2. The van der Waals surface area contributed by atoms with Crippen LogP contribution in [0.5, 0.6) is 0 Å². The lowest BCUT2D eigenvalue weighted by atomic mass is 10.1. The predicted molar refractivity (Wildman–Crippen MR) is 84.8 cm³/mol. The van der Waals surface area contributed by atoms with Crippen LogP contribution in [0.2, 0.25) is 0 Å². The number of benzene rings is 2. The molecule has 4 heteroatoms. The van der Waals surface area contributed by atoms with Gasteiger partial charge in [0.15, 0.2) is 0 Å². The van der Waals surface area contributed by atoms with Crippen molar-refractivity contribution in [2.75, 3.05) is 0 Å². The molecule has 0 spiro atoms. The van der Waals surface area contributed by atoms with Crippen LogP contribution in [0.3, 0.4) is 0 Å². The normalized spacial score (nSPS) is 10.8. The first-order valence-corrected chi connectivity index (χ1v) is 7.24. The molecular formula is C17H14ClN3. The van der Waals surface area contributed by atoms with Crippen LogP contribution in [-0.4, -0.2) is 9.55 Å². The Kier molecular flexibility index (Phi) is 3.40. The van der Waals surface area contributed by atoms with Gasteiger partial charge in [-0.3, -0.25) is 4.57 Å². The lowest BCUT2D eigenvalue weighted by molar-refractivity contribution is 0.975. The highest BCUT2D eigenvalue weighted by molar-refractivity contribution is 6.17. The highest BCUT2D eigenvalue weighted by Crippen LogP contribution is 2.27. The van der Waals surface area contributed by atoms with Crippen LogP contribution < -0.4 is 0 Å². The van der Waals surface area contributed by atoms with Gasteiger partial charge in [0.05, 0.1) is 28.2 Å². The molecule has 2 aromatic carbocycles. The summed E-state index contributed by atoms with van der Waals surface area (Å²) in [5.74, 6) is 1.05. The van der Waals surface area contributed by atoms with Crippen LogP contribution >= 0.6 is 11.6 Å². The second-order valence-corrected chi connectivity index (χ2v) is 5.29. The Hall–Kier alpha value is -2.31. The van der Waals surface area contributed by atoms with Gasteiger partial charge >= 0.3 is 0 Å². The molecule has 0 unspecified atom stereocenters. The standard InChI is InChI=1S/C17H14ClN3/c1-11-5-3-7-14(13(11)10-19)21-15-8-4-6-12(2)17(15)20-16(21)9-18/h3-8H,9H2,1-2H3. The smallest absolute Gasteiger partial charge is 0.129 e. The third-order valence-electron chi connectivity index (χ3n) is 3.68. The second kappa shape index (κ2) is 5.23. The van der Waals surface area contributed by atoms with E-state index in [0.29, 0.717) is 11.4 Å². The Morgan fingerprint density at radius 3 is 2.57 bits per heavy atom. The molecule has 0 aliphatic rings. The van der Waals surface area contributed by atoms with E-state index in [1.54, 1.807) is 0 Å². The van der Waals surface area contributed by atoms with E-state index in [2.05, 4.69) is 11.1 Å². The molecule has 0 fully saturated rings. The van der Waals surface area contributed by atoms with E-state index >= 15 is 0 Å². The summed E-state index contributed by atoms with van der Waals surface area (Å²) in [4.78, 5) is 4.63. The third kappa shape index (κ3) is 2.09. The summed E-state index contributed by atoms with van der Waals surface area (Å²) >= 11 is 6.07. The monoisotopic (exact) mass is 295 g/mol. The quantitative estimate of drug-likeness (QED) is 0.663. The first kappa shape index (κ1) is 13.7. The summed E-state index contributed by atoms with van der Waals surface area (Å²) in [7, 11) is 0. The van der Waals surface area contributed by atoms with Gasteiger partial charge in [0.25, 0.3) is 0 Å². The highest BCUT2D eigenvalue weighted by Gasteiger charge is 2.16. The average Bonchev–Trinajstić information content (AvgIpc) is 2.87. The minimum Gasteiger partial charge on any atom is -0.294 e. The van der Waals surface area contributed by atoms with Gasteiger partial charge in [0.1, 0.15) is 11.9 Å². The van der Waals surface area contributed by atoms with Gasteiger partial charge in [-0.25, -0.2) is 4.98 Å². The maximum atomic E-state index is 9.47. The van der Waals surface area contributed by atoms with Gasteiger partial charge in [0.2, 0.25) is 0 Å². The molecule has 0 aliphatic heterocycles. The van der Waals surface area contributed by atoms with Crippen LogP contribution in [0.15, 0.2) is 36.4 Å². The van der Waals surface area contributed by atoms with Crippen molar-refractivity contribution >= 4 is 22.6 Å². The van der Waals surface area contributed by atoms with Gasteiger partial charge in [-0.1, -0.05) is 24.3 Å². The zero-order chi connectivity index (χ0) is 15.0. The van der Waals surface area contributed by atoms with Crippen molar-refractivity contribution in [1.82, 2.24) is 9.55 Å². The van der Waals surface area contributed by atoms with Crippen molar-refractivity contribution in [3.8, 4) is 11.8 Å². The summed E-state index contributed by atoms with van der Waals surface area (Å²) in [6.07, 6.45) is 0. The molecule has 0 aliphatic carbocycles. The zero-order valence-electron chi connectivity index (χ0n) is 11.9. The van der Waals surface area contributed by atoms with Crippen LogP contribution in [0.25, 0.3) is 16.7 Å². The lowest BCUT2D eigenvalue weighted by Crippen LogP contribution is -2.03. The number of fused-ring (bicyclic) bond motifs is 1. The van der Waals surface area contributed by atoms with E-state index in [4.69, 9.17) is 11.6 Å². The molecule has 1 aromatic heterocycles. The Bertz CT molecular complexity index is 872.